The molecular weight excluding hydrogens is 236 g/mol. The van der Waals surface area contributed by atoms with Crippen molar-refractivity contribution in [1.82, 2.24) is 5.32 Å². The van der Waals surface area contributed by atoms with E-state index < -0.39 is 0 Å². The minimum Gasteiger partial charge on any atom is -0.311 e. The third-order valence-electron chi connectivity index (χ3n) is 4.07. The van der Waals surface area contributed by atoms with Gasteiger partial charge in [-0.05, 0) is 42.9 Å². The van der Waals surface area contributed by atoms with Crippen LogP contribution in [-0.2, 0) is 4.79 Å². The van der Waals surface area contributed by atoms with Crippen LogP contribution in [0.1, 0.15) is 44.6 Å². The number of anilines is 1. The average molecular weight is 258 g/mol. The summed E-state index contributed by atoms with van der Waals surface area (Å²) in [6.07, 6.45) is 3.39. The highest BCUT2D eigenvalue weighted by Gasteiger charge is 2.36. The number of nitrogens with zero attached hydrogens (tertiary/aromatic N) is 1. The average Bonchev–Trinajstić information content (AvgIpc) is 3.14. The van der Waals surface area contributed by atoms with Crippen molar-refractivity contribution in [3.05, 3.63) is 29.8 Å². The molecule has 3 heteroatoms. The lowest BCUT2D eigenvalue weighted by atomic mass is 10.0. The zero-order chi connectivity index (χ0) is 13.4. The zero-order valence-corrected chi connectivity index (χ0v) is 11.7. The van der Waals surface area contributed by atoms with Crippen LogP contribution in [-0.4, -0.2) is 24.5 Å². The van der Waals surface area contributed by atoms with Crippen molar-refractivity contribution in [2.45, 2.75) is 51.1 Å². The van der Waals surface area contributed by atoms with E-state index in [1.54, 1.807) is 0 Å². The van der Waals surface area contributed by atoms with E-state index in [0.29, 0.717) is 12.0 Å². The number of amides is 1. The van der Waals surface area contributed by atoms with Crippen LogP contribution in [0.25, 0.3) is 0 Å². The number of hydrogen-bond acceptors (Lipinski definition) is 2. The van der Waals surface area contributed by atoms with Gasteiger partial charge in [-0.2, -0.15) is 0 Å². The van der Waals surface area contributed by atoms with E-state index >= 15 is 0 Å². The molecule has 0 bridgehead atoms. The number of hydrogen-bond donors (Lipinski definition) is 1. The Bertz CT molecular complexity index is 479. The van der Waals surface area contributed by atoms with Crippen LogP contribution in [0.15, 0.2) is 24.3 Å². The molecule has 2 fully saturated rings. The second kappa shape index (κ2) is 4.97. The van der Waals surface area contributed by atoms with Gasteiger partial charge in [0.1, 0.15) is 0 Å². The number of rotatable bonds is 4. The van der Waals surface area contributed by atoms with Crippen molar-refractivity contribution in [2.75, 3.05) is 11.4 Å². The summed E-state index contributed by atoms with van der Waals surface area (Å²) in [7, 11) is 0. The fourth-order valence-electron chi connectivity index (χ4n) is 2.68. The zero-order valence-electron chi connectivity index (χ0n) is 11.7. The van der Waals surface area contributed by atoms with Crippen molar-refractivity contribution in [2.24, 2.45) is 0 Å². The van der Waals surface area contributed by atoms with Gasteiger partial charge in [0.15, 0.2) is 0 Å². The van der Waals surface area contributed by atoms with Crippen molar-refractivity contribution in [1.29, 1.82) is 0 Å². The number of benzene rings is 1. The lowest BCUT2D eigenvalue weighted by Crippen LogP contribution is -2.39. The molecule has 1 heterocycles. The fraction of sp³-hybridized carbons (Fsp3) is 0.562. The molecule has 1 aliphatic heterocycles. The molecule has 3 nitrogen and oxygen atoms in total. The molecule has 1 aliphatic carbocycles. The van der Waals surface area contributed by atoms with Crippen LogP contribution in [0.4, 0.5) is 5.69 Å². The summed E-state index contributed by atoms with van der Waals surface area (Å²) in [4.78, 5) is 14.4. The minimum atomic E-state index is 0.0372. The van der Waals surface area contributed by atoms with E-state index in [-0.39, 0.29) is 11.9 Å². The van der Waals surface area contributed by atoms with E-state index in [9.17, 15) is 4.79 Å². The maximum Gasteiger partial charge on any atom is 0.244 e. The quantitative estimate of drug-likeness (QED) is 0.900. The van der Waals surface area contributed by atoms with E-state index in [4.69, 9.17) is 0 Å². The van der Waals surface area contributed by atoms with Crippen LogP contribution in [0.2, 0.25) is 0 Å². The Morgan fingerprint density at radius 2 is 2.05 bits per heavy atom. The molecule has 1 unspecified atom stereocenters. The molecule has 102 valence electrons. The molecule has 19 heavy (non-hydrogen) atoms. The second-order valence-corrected chi connectivity index (χ2v) is 6.02. The monoisotopic (exact) mass is 258 g/mol. The molecule has 1 aromatic rings. The minimum absolute atomic E-state index is 0.0372. The summed E-state index contributed by atoms with van der Waals surface area (Å²) in [5.74, 6) is 0.742. The molecular formula is C16H22N2O. The Morgan fingerprint density at radius 3 is 2.74 bits per heavy atom. The van der Waals surface area contributed by atoms with Gasteiger partial charge in [-0.15, -0.1) is 0 Å². The highest BCUT2D eigenvalue weighted by Crippen LogP contribution is 2.27. The lowest BCUT2D eigenvalue weighted by Gasteiger charge is -2.19. The fourth-order valence-corrected chi connectivity index (χ4v) is 2.68. The van der Waals surface area contributed by atoms with Gasteiger partial charge < -0.3 is 10.2 Å². The third-order valence-corrected chi connectivity index (χ3v) is 4.07. The maximum absolute atomic E-state index is 12.4. The second-order valence-electron chi connectivity index (χ2n) is 6.02. The molecule has 0 radical (unpaired) electrons. The van der Waals surface area contributed by atoms with Crippen LogP contribution in [0, 0.1) is 0 Å². The number of nitrogens with one attached hydrogen (secondary N) is 1. The molecule has 0 spiro atoms. The summed E-state index contributed by atoms with van der Waals surface area (Å²) in [6, 6.07) is 9.02. The molecule has 1 aromatic carbocycles. The third kappa shape index (κ3) is 2.66. The first-order chi connectivity index (χ1) is 9.15. The van der Waals surface area contributed by atoms with Gasteiger partial charge in [-0.3, -0.25) is 4.79 Å². The molecule has 1 saturated heterocycles. The SMILES string of the molecule is CC(C)c1cccc(N2CCC(NC3CC3)C2=O)c1. The molecule has 1 atom stereocenters. The number of carbonyl (C=O) groups is 1. The molecule has 0 aromatic heterocycles. The van der Waals surface area contributed by atoms with Crippen molar-refractivity contribution >= 4 is 11.6 Å². The van der Waals surface area contributed by atoms with E-state index in [0.717, 1.165) is 18.7 Å². The number of carbonyl (C=O) groups excluding carboxylic acids is 1. The Labute approximate surface area is 115 Å². The Kier molecular flexibility index (Phi) is 3.31. The van der Waals surface area contributed by atoms with Crippen LogP contribution < -0.4 is 10.2 Å². The highest BCUT2D eigenvalue weighted by atomic mass is 16.2. The first-order valence-corrected chi connectivity index (χ1v) is 7.32. The largest absolute Gasteiger partial charge is 0.311 e. The summed E-state index contributed by atoms with van der Waals surface area (Å²) in [5, 5.41) is 3.45. The normalized spacial score (nSPS) is 23.4. The summed E-state index contributed by atoms with van der Waals surface area (Å²) >= 11 is 0. The Balaban J connectivity index is 1.75. The summed E-state index contributed by atoms with van der Waals surface area (Å²) in [5.41, 5.74) is 2.35. The maximum atomic E-state index is 12.4. The van der Waals surface area contributed by atoms with Gasteiger partial charge >= 0.3 is 0 Å². The van der Waals surface area contributed by atoms with Gasteiger partial charge in [0.05, 0.1) is 6.04 Å². The van der Waals surface area contributed by atoms with Crippen LogP contribution in [0.3, 0.4) is 0 Å². The topological polar surface area (TPSA) is 32.3 Å². The predicted molar refractivity (Wildman–Crippen MR) is 77.4 cm³/mol. The van der Waals surface area contributed by atoms with Crippen LogP contribution >= 0.6 is 0 Å². The lowest BCUT2D eigenvalue weighted by molar-refractivity contribution is -0.118. The van der Waals surface area contributed by atoms with Gasteiger partial charge in [-0.25, -0.2) is 0 Å². The van der Waals surface area contributed by atoms with E-state index in [1.165, 1.54) is 18.4 Å². The van der Waals surface area contributed by atoms with Gasteiger partial charge in [0.2, 0.25) is 5.91 Å². The molecule has 1 saturated carbocycles. The van der Waals surface area contributed by atoms with Crippen molar-refractivity contribution in [3.8, 4) is 0 Å². The predicted octanol–water partition coefficient (Wildman–Crippen LogP) is 2.67. The van der Waals surface area contributed by atoms with Gasteiger partial charge in [0.25, 0.3) is 0 Å². The summed E-state index contributed by atoms with van der Waals surface area (Å²) < 4.78 is 0. The van der Waals surface area contributed by atoms with E-state index in [2.05, 4.69) is 37.4 Å². The van der Waals surface area contributed by atoms with Crippen LogP contribution in [0.5, 0.6) is 0 Å². The smallest absolute Gasteiger partial charge is 0.244 e. The first-order valence-electron chi connectivity index (χ1n) is 7.32. The molecule has 2 aliphatic rings. The van der Waals surface area contributed by atoms with Crippen molar-refractivity contribution in [3.63, 3.8) is 0 Å². The molecule has 1 amide bonds. The van der Waals surface area contributed by atoms with Gasteiger partial charge in [0, 0.05) is 18.3 Å². The van der Waals surface area contributed by atoms with Crippen molar-refractivity contribution < 1.29 is 4.79 Å². The van der Waals surface area contributed by atoms with E-state index in [1.807, 2.05) is 11.0 Å². The summed E-state index contributed by atoms with van der Waals surface area (Å²) in [6.45, 7) is 5.20. The molecule has 3 rings (SSSR count). The highest BCUT2D eigenvalue weighted by molar-refractivity contribution is 5.99. The van der Waals surface area contributed by atoms with Gasteiger partial charge in [-0.1, -0.05) is 26.0 Å². The molecule has 1 N–H and O–H groups in total. The Hall–Kier alpha value is -1.35. The first kappa shape index (κ1) is 12.7. The Morgan fingerprint density at radius 1 is 1.26 bits per heavy atom. The standard InChI is InChI=1S/C16H22N2O/c1-11(2)12-4-3-5-14(10-12)18-9-8-15(16(18)19)17-13-6-7-13/h3-5,10-11,13,15,17H,6-9H2,1-2H3.